The zero-order valence-electron chi connectivity index (χ0n) is 20.5. The normalized spacial score (nSPS) is 12.1. The van der Waals surface area contributed by atoms with E-state index in [1.54, 1.807) is 0 Å². The fraction of sp³-hybridized carbons (Fsp3) is 0. The van der Waals surface area contributed by atoms with Crippen molar-refractivity contribution in [3.63, 3.8) is 0 Å². The topological polar surface area (TPSA) is 65.2 Å². The van der Waals surface area contributed by atoms with E-state index in [1.807, 2.05) is 84.9 Å². The number of benzene rings is 5. The van der Waals surface area contributed by atoms with Crippen molar-refractivity contribution >= 4 is 65.9 Å². The Morgan fingerprint density at radius 3 is 1.54 bits per heavy atom. The van der Waals surface area contributed by atoms with Crippen molar-refractivity contribution in [1.29, 1.82) is 0 Å². The molecule has 5 heteroatoms. The van der Waals surface area contributed by atoms with Gasteiger partial charge in [0.1, 0.15) is 39.1 Å². The lowest BCUT2D eigenvalue weighted by Crippen LogP contribution is -1.94. The van der Waals surface area contributed by atoms with Crippen LogP contribution in [0, 0.1) is 0 Å². The average Bonchev–Trinajstić information content (AvgIpc) is 3.68. The highest BCUT2D eigenvalue weighted by Gasteiger charge is 2.23. The number of para-hydroxylation sites is 5. The van der Waals surface area contributed by atoms with Gasteiger partial charge in [-0.2, -0.15) is 0 Å². The van der Waals surface area contributed by atoms with Crippen molar-refractivity contribution in [2.75, 3.05) is 0 Å². The van der Waals surface area contributed by atoms with Crippen LogP contribution in [0.3, 0.4) is 0 Å². The monoisotopic (exact) mass is 502 g/mol. The quantitative estimate of drug-likeness (QED) is 0.235. The minimum Gasteiger partial charge on any atom is -0.455 e. The maximum atomic E-state index is 6.40. The van der Waals surface area contributed by atoms with Crippen LogP contribution in [0.15, 0.2) is 122 Å². The summed E-state index contributed by atoms with van der Waals surface area (Å²) in [4.78, 5) is 10.2. The van der Waals surface area contributed by atoms with Crippen LogP contribution in [-0.4, -0.2) is 9.97 Å². The highest BCUT2D eigenvalue weighted by Crippen LogP contribution is 2.42. The molecule has 0 aliphatic rings. The first kappa shape index (κ1) is 20.6. The summed E-state index contributed by atoms with van der Waals surface area (Å²) in [6, 6.07) is 36.4. The van der Waals surface area contributed by atoms with Crippen LogP contribution < -0.4 is 0 Å². The fourth-order valence-corrected chi connectivity index (χ4v) is 5.75. The van der Waals surface area contributed by atoms with Crippen molar-refractivity contribution in [3.05, 3.63) is 109 Å². The molecule has 0 amide bonds. The summed E-state index contributed by atoms with van der Waals surface area (Å²) in [5.74, 6) is 0.571. The third-order valence-electron chi connectivity index (χ3n) is 7.52. The van der Waals surface area contributed by atoms with Gasteiger partial charge in [0.25, 0.3) is 0 Å². The van der Waals surface area contributed by atoms with Crippen molar-refractivity contribution in [3.8, 4) is 22.6 Å². The number of furan rings is 3. The molecule has 0 aliphatic heterocycles. The molecule has 0 N–H and O–H groups in total. The Kier molecular flexibility index (Phi) is 3.99. The van der Waals surface area contributed by atoms with Gasteiger partial charge in [-0.1, -0.05) is 72.8 Å². The molecule has 0 bridgehead atoms. The zero-order chi connectivity index (χ0) is 25.5. The van der Waals surface area contributed by atoms with Gasteiger partial charge in [0, 0.05) is 32.5 Å². The van der Waals surface area contributed by atoms with Crippen molar-refractivity contribution in [1.82, 2.24) is 9.97 Å². The SMILES string of the molecule is c1ccc2c(c1)oc1c(-c3nc(-c4cccc5c4oc4ccccc45)c4oc5ccccc5c4n3)cccc12. The van der Waals surface area contributed by atoms with E-state index in [-0.39, 0.29) is 0 Å². The molecule has 4 aromatic heterocycles. The van der Waals surface area contributed by atoms with Gasteiger partial charge in [-0.05, 0) is 36.4 Å². The van der Waals surface area contributed by atoms with Gasteiger partial charge in [0.15, 0.2) is 11.4 Å². The lowest BCUT2D eigenvalue weighted by molar-refractivity contribution is 0.662. The molecule has 0 unspecified atom stereocenters. The molecular weight excluding hydrogens is 484 g/mol. The molecule has 39 heavy (non-hydrogen) atoms. The van der Waals surface area contributed by atoms with Gasteiger partial charge in [0.05, 0.1) is 5.56 Å². The predicted octanol–water partition coefficient (Wildman–Crippen LogP) is 9.51. The molecule has 0 spiro atoms. The standard InChI is InChI=1S/C34H18N2O3/c1-4-16-26-19(9-1)21-12-7-14-24(31(21)37-26)30-33-29(23-11-3-6-18-28(23)39-33)35-34(36-30)25-15-8-13-22-20-10-2-5-17-27(20)38-32(22)25/h1-18H. The summed E-state index contributed by atoms with van der Waals surface area (Å²) in [7, 11) is 0. The van der Waals surface area contributed by atoms with Crippen LogP contribution in [0.4, 0.5) is 0 Å². The summed E-state index contributed by atoms with van der Waals surface area (Å²) >= 11 is 0. The first-order valence-corrected chi connectivity index (χ1v) is 12.8. The van der Waals surface area contributed by atoms with Gasteiger partial charge >= 0.3 is 0 Å². The summed E-state index contributed by atoms with van der Waals surface area (Å²) in [5, 5.41) is 5.13. The van der Waals surface area contributed by atoms with Crippen molar-refractivity contribution in [2.24, 2.45) is 0 Å². The summed E-state index contributed by atoms with van der Waals surface area (Å²) in [5.41, 5.74) is 7.72. The highest BCUT2D eigenvalue weighted by molar-refractivity contribution is 6.14. The Labute approximate surface area is 220 Å². The molecule has 5 aromatic carbocycles. The van der Waals surface area contributed by atoms with E-state index in [9.17, 15) is 0 Å². The highest BCUT2D eigenvalue weighted by atomic mass is 16.3. The third kappa shape index (κ3) is 2.84. The first-order valence-electron chi connectivity index (χ1n) is 12.8. The number of hydrogen-bond acceptors (Lipinski definition) is 5. The molecule has 0 radical (unpaired) electrons. The maximum absolute atomic E-state index is 6.40. The number of rotatable bonds is 2. The Balaban J connectivity index is 1.42. The second kappa shape index (κ2) is 7.55. The zero-order valence-corrected chi connectivity index (χ0v) is 20.5. The Morgan fingerprint density at radius 2 is 0.872 bits per heavy atom. The van der Waals surface area contributed by atoms with Gasteiger partial charge in [-0.3, -0.25) is 0 Å². The summed E-state index contributed by atoms with van der Waals surface area (Å²) < 4.78 is 19.1. The lowest BCUT2D eigenvalue weighted by atomic mass is 10.0. The second-order valence-electron chi connectivity index (χ2n) is 9.73. The van der Waals surface area contributed by atoms with Crippen LogP contribution in [0.25, 0.3) is 88.6 Å². The number of aromatic nitrogens is 2. The largest absolute Gasteiger partial charge is 0.455 e. The molecule has 9 rings (SSSR count). The summed E-state index contributed by atoms with van der Waals surface area (Å²) in [6.45, 7) is 0. The Morgan fingerprint density at radius 1 is 0.385 bits per heavy atom. The Hall–Kier alpha value is -5.42. The van der Waals surface area contributed by atoms with Crippen LogP contribution in [0.2, 0.25) is 0 Å². The van der Waals surface area contributed by atoms with Crippen LogP contribution in [0.1, 0.15) is 0 Å². The third-order valence-corrected chi connectivity index (χ3v) is 7.52. The average molecular weight is 503 g/mol. The number of nitrogens with zero attached hydrogens (tertiary/aromatic N) is 2. The van der Waals surface area contributed by atoms with Crippen molar-refractivity contribution < 1.29 is 13.3 Å². The van der Waals surface area contributed by atoms with Gasteiger partial charge < -0.3 is 13.3 Å². The molecule has 0 saturated heterocycles. The minimum absolute atomic E-state index is 0.571. The minimum atomic E-state index is 0.571. The van der Waals surface area contributed by atoms with E-state index in [0.29, 0.717) is 17.1 Å². The van der Waals surface area contributed by atoms with E-state index in [2.05, 4.69) is 24.3 Å². The van der Waals surface area contributed by atoms with E-state index in [0.717, 1.165) is 71.5 Å². The van der Waals surface area contributed by atoms with E-state index in [4.69, 9.17) is 23.2 Å². The van der Waals surface area contributed by atoms with E-state index >= 15 is 0 Å². The molecule has 0 fully saturated rings. The Bertz CT molecular complexity index is 2410. The van der Waals surface area contributed by atoms with Crippen LogP contribution in [-0.2, 0) is 0 Å². The predicted molar refractivity (Wildman–Crippen MR) is 155 cm³/mol. The second-order valence-corrected chi connectivity index (χ2v) is 9.73. The smallest absolute Gasteiger partial charge is 0.180 e. The number of fused-ring (bicyclic) bond motifs is 9. The van der Waals surface area contributed by atoms with E-state index in [1.165, 1.54) is 0 Å². The maximum Gasteiger partial charge on any atom is 0.180 e. The lowest BCUT2D eigenvalue weighted by Gasteiger charge is -2.07. The molecular formula is C34H18N2O3. The summed E-state index contributed by atoms with van der Waals surface area (Å²) in [6.07, 6.45) is 0. The molecule has 4 heterocycles. The fourth-order valence-electron chi connectivity index (χ4n) is 5.75. The molecule has 5 nitrogen and oxygen atoms in total. The first-order chi connectivity index (χ1) is 19.3. The molecule has 9 aromatic rings. The van der Waals surface area contributed by atoms with E-state index < -0.39 is 0 Å². The molecule has 0 aliphatic carbocycles. The number of hydrogen-bond donors (Lipinski definition) is 0. The molecule has 182 valence electrons. The van der Waals surface area contributed by atoms with Gasteiger partial charge in [-0.25, -0.2) is 9.97 Å². The van der Waals surface area contributed by atoms with Crippen LogP contribution >= 0.6 is 0 Å². The van der Waals surface area contributed by atoms with Crippen LogP contribution in [0.5, 0.6) is 0 Å². The van der Waals surface area contributed by atoms with Crippen molar-refractivity contribution in [2.45, 2.75) is 0 Å². The van der Waals surface area contributed by atoms with Gasteiger partial charge in [-0.15, -0.1) is 0 Å². The molecule has 0 atom stereocenters. The molecule has 0 saturated carbocycles. The van der Waals surface area contributed by atoms with Gasteiger partial charge in [0.2, 0.25) is 0 Å².